The molecule has 7 heteroatoms. The van der Waals surface area contributed by atoms with E-state index in [-0.39, 0.29) is 12.5 Å². The number of likely N-dealkylation sites (tertiary alicyclic amines) is 1. The number of aliphatic hydroxyl groups excluding tert-OH is 1. The monoisotopic (exact) mass is 348 g/mol. The molecule has 0 bridgehead atoms. The SMILES string of the molecule is CCc1ccc(C(=O)N2CCC[C@@H](Cn3cc(CCO)nn3)C2)s1. The number of amides is 1. The molecular formula is C17H24N4O2S. The lowest BCUT2D eigenvalue weighted by molar-refractivity contribution is 0.0664. The molecule has 1 aliphatic rings. The number of piperidine rings is 1. The normalized spacial score (nSPS) is 18.1. The number of aromatic nitrogens is 3. The van der Waals surface area contributed by atoms with Crippen molar-refractivity contribution in [1.29, 1.82) is 0 Å². The molecule has 1 amide bonds. The second-order valence-electron chi connectivity index (χ2n) is 6.28. The quantitative estimate of drug-likeness (QED) is 0.867. The van der Waals surface area contributed by atoms with Crippen LogP contribution < -0.4 is 0 Å². The summed E-state index contributed by atoms with van der Waals surface area (Å²) in [4.78, 5) is 16.8. The third-order valence-electron chi connectivity index (χ3n) is 4.43. The van der Waals surface area contributed by atoms with E-state index in [9.17, 15) is 4.79 Å². The van der Waals surface area contributed by atoms with E-state index in [0.29, 0.717) is 12.3 Å². The molecule has 0 saturated carbocycles. The van der Waals surface area contributed by atoms with Gasteiger partial charge >= 0.3 is 0 Å². The van der Waals surface area contributed by atoms with Crippen molar-refractivity contribution >= 4 is 17.2 Å². The Morgan fingerprint density at radius 3 is 3.08 bits per heavy atom. The van der Waals surface area contributed by atoms with Crippen LogP contribution in [0.5, 0.6) is 0 Å². The number of thiophene rings is 1. The van der Waals surface area contributed by atoms with Crippen LogP contribution in [-0.4, -0.2) is 50.6 Å². The van der Waals surface area contributed by atoms with E-state index in [2.05, 4.69) is 23.3 Å². The molecule has 6 nitrogen and oxygen atoms in total. The first kappa shape index (κ1) is 17.1. The van der Waals surface area contributed by atoms with Crippen molar-refractivity contribution in [1.82, 2.24) is 19.9 Å². The molecule has 3 rings (SSSR count). The highest BCUT2D eigenvalue weighted by atomic mass is 32.1. The average molecular weight is 348 g/mol. The molecule has 1 N–H and O–H groups in total. The number of nitrogens with zero attached hydrogens (tertiary/aromatic N) is 4. The van der Waals surface area contributed by atoms with E-state index in [0.717, 1.165) is 49.5 Å². The zero-order chi connectivity index (χ0) is 16.9. The minimum Gasteiger partial charge on any atom is -0.396 e. The third-order valence-corrected chi connectivity index (χ3v) is 5.64. The van der Waals surface area contributed by atoms with Gasteiger partial charge in [-0.15, -0.1) is 16.4 Å². The number of carbonyl (C=O) groups excluding carboxylic acids is 1. The number of rotatable bonds is 6. The van der Waals surface area contributed by atoms with Gasteiger partial charge in [-0.3, -0.25) is 9.48 Å². The maximum atomic E-state index is 12.7. The Morgan fingerprint density at radius 2 is 2.33 bits per heavy atom. The molecule has 1 aliphatic heterocycles. The molecule has 1 fully saturated rings. The second-order valence-corrected chi connectivity index (χ2v) is 7.45. The summed E-state index contributed by atoms with van der Waals surface area (Å²) in [7, 11) is 0. The zero-order valence-corrected chi connectivity index (χ0v) is 14.8. The first-order valence-electron chi connectivity index (χ1n) is 8.57. The van der Waals surface area contributed by atoms with E-state index in [1.165, 1.54) is 4.88 Å². The Hall–Kier alpha value is -1.73. The summed E-state index contributed by atoms with van der Waals surface area (Å²) >= 11 is 1.61. The van der Waals surface area contributed by atoms with Crippen LogP contribution in [0.25, 0.3) is 0 Å². The Balaban J connectivity index is 1.59. The molecule has 0 aromatic carbocycles. The van der Waals surface area contributed by atoms with Crippen molar-refractivity contribution in [2.75, 3.05) is 19.7 Å². The first-order chi connectivity index (χ1) is 11.7. The maximum absolute atomic E-state index is 12.7. The summed E-state index contributed by atoms with van der Waals surface area (Å²) in [6.45, 7) is 4.58. The minimum absolute atomic E-state index is 0.0883. The van der Waals surface area contributed by atoms with Crippen molar-refractivity contribution in [3.63, 3.8) is 0 Å². The van der Waals surface area contributed by atoms with Crippen LogP contribution in [0.2, 0.25) is 0 Å². The summed E-state index contributed by atoms with van der Waals surface area (Å²) in [5.41, 5.74) is 0.812. The number of hydrogen-bond donors (Lipinski definition) is 1. The molecule has 3 heterocycles. The van der Waals surface area contributed by atoms with Crippen LogP contribution in [0.4, 0.5) is 0 Å². The molecule has 130 valence electrons. The maximum Gasteiger partial charge on any atom is 0.263 e. The second kappa shape index (κ2) is 7.90. The van der Waals surface area contributed by atoms with Crippen LogP contribution in [-0.2, 0) is 19.4 Å². The summed E-state index contributed by atoms with van der Waals surface area (Å²) in [6, 6.07) is 4.01. The smallest absolute Gasteiger partial charge is 0.263 e. The Morgan fingerprint density at radius 1 is 1.46 bits per heavy atom. The van der Waals surface area contributed by atoms with Gasteiger partial charge < -0.3 is 10.0 Å². The first-order valence-corrected chi connectivity index (χ1v) is 9.39. The van der Waals surface area contributed by atoms with E-state index in [1.807, 2.05) is 21.8 Å². The van der Waals surface area contributed by atoms with E-state index >= 15 is 0 Å². The lowest BCUT2D eigenvalue weighted by atomic mass is 9.98. The van der Waals surface area contributed by atoms with Gasteiger partial charge in [-0.2, -0.15) is 0 Å². The predicted octanol–water partition coefficient (Wildman–Crippen LogP) is 1.99. The fourth-order valence-electron chi connectivity index (χ4n) is 3.16. The molecule has 1 atom stereocenters. The van der Waals surface area contributed by atoms with Gasteiger partial charge in [-0.1, -0.05) is 12.1 Å². The van der Waals surface area contributed by atoms with Gasteiger partial charge in [-0.05, 0) is 37.3 Å². The number of aryl methyl sites for hydroxylation is 1. The van der Waals surface area contributed by atoms with Crippen molar-refractivity contribution in [3.05, 3.63) is 33.8 Å². The largest absolute Gasteiger partial charge is 0.396 e. The summed E-state index contributed by atoms with van der Waals surface area (Å²) in [5, 5.41) is 17.1. The third kappa shape index (κ3) is 4.02. The van der Waals surface area contributed by atoms with Gasteiger partial charge in [0, 0.05) is 43.7 Å². The van der Waals surface area contributed by atoms with Gasteiger partial charge in [0.25, 0.3) is 5.91 Å². The molecule has 1 saturated heterocycles. The fourth-order valence-corrected chi connectivity index (χ4v) is 4.07. The Kier molecular flexibility index (Phi) is 5.63. The van der Waals surface area contributed by atoms with Crippen molar-refractivity contribution in [3.8, 4) is 0 Å². The summed E-state index contributed by atoms with van der Waals surface area (Å²) in [5.74, 6) is 0.556. The Labute approximate surface area is 146 Å². The lowest BCUT2D eigenvalue weighted by Crippen LogP contribution is -2.40. The molecule has 2 aromatic heterocycles. The molecule has 24 heavy (non-hydrogen) atoms. The highest BCUT2D eigenvalue weighted by molar-refractivity contribution is 7.14. The van der Waals surface area contributed by atoms with Crippen molar-refractivity contribution in [2.45, 2.75) is 39.2 Å². The molecule has 0 aliphatic carbocycles. The number of carbonyl (C=O) groups is 1. The van der Waals surface area contributed by atoms with Crippen LogP contribution in [0.3, 0.4) is 0 Å². The summed E-state index contributed by atoms with van der Waals surface area (Å²) in [6.07, 6.45) is 5.53. The van der Waals surface area contributed by atoms with Gasteiger partial charge in [-0.25, -0.2) is 0 Å². The molecule has 0 unspecified atom stereocenters. The van der Waals surface area contributed by atoms with Crippen LogP contribution >= 0.6 is 11.3 Å². The van der Waals surface area contributed by atoms with E-state index in [1.54, 1.807) is 11.3 Å². The topological polar surface area (TPSA) is 71.2 Å². The highest BCUT2D eigenvalue weighted by Gasteiger charge is 2.25. The fraction of sp³-hybridized carbons (Fsp3) is 0.588. The van der Waals surface area contributed by atoms with Crippen LogP contribution in [0.15, 0.2) is 18.3 Å². The zero-order valence-electron chi connectivity index (χ0n) is 14.0. The molecule has 0 spiro atoms. The predicted molar refractivity (Wildman–Crippen MR) is 93.1 cm³/mol. The highest BCUT2D eigenvalue weighted by Crippen LogP contribution is 2.23. The Bertz CT molecular complexity index is 682. The average Bonchev–Trinajstić information content (AvgIpc) is 3.24. The molecule has 2 aromatic rings. The van der Waals surface area contributed by atoms with Gasteiger partial charge in [0.05, 0.1) is 10.6 Å². The lowest BCUT2D eigenvalue weighted by Gasteiger charge is -2.32. The summed E-state index contributed by atoms with van der Waals surface area (Å²) < 4.78 is 1.84. The van der Waals surface area contributed by atoms with Gasteiger partial charge in [0.15, 0.2) is 0 Å². The number of hydrogen-bond acceptors (Lipinski definition) is 5. The van der Waals surface area contributed by atoms with Gasteiger partial charge in [0.2, 0.25) is 0 Å². The van der Waals surface area contributed by atoms with E-state index in [4.69, 9.17) is 5.11 Å². The van der Waals surface area contributed by atoms with Crippen molar-refractivity contribution < 1.29 is 9.90 Å². The van der Waals surface area contributed by atoms with Crippen LogP contribution in [0.1, 0.15) is 40.0 Å². The molecular weight excluding hydrogens is 324 g/mol. The molecule has 0 radical (unpaired) electrons. The van der Waals surface area contributed by atoms with Gasteiger partial charge in [0.1, 0.15) is 0 Å². The standard InChI is InChI=1S/C17H24N4O2S/c1-2-15-5-6-16(24-15)17(23)20-8-3-4-13(10-20)11-21-12-14(7-9-22)18-19-21/h5-6,12-13,22H,2-4,7-11H2,1H3/t13-/m1/s1. The van der Waals surface area contributed by atoms with Crippen LogP contribution in [0, 0.1) is 5.92 Å². The van der Waals surface area contributed by atoms with E-state index < -0.39 is 0 Å². The van der Waals surface area contributed by atoms with Crippen molar-refractivity contribution in [2.24, 2.45) is 5.92 Å². The minimum atomic E-state index is 0.0883. The number of aliphatic hydroxyl groups is 1.